The molecule has 2 heterocycles. The van der Waals surface area contributed by atoms with Crippen LogP contribution >= 0.6 is 0 Å². The van der Waals surface area contributed by atoms with Crippen molar-refractivity contribution >= 4 is 0 Å². The molecule has 3 rings (SSSR count). The Hall–Kier alpha value is -1.09. The molecule has 14 heavy (non-hydrogen) atoms. The molecule has 0 bridgehead atoms. The van der Waals surface area contributed by atoms with Crippen LogP contribution in [0.15, 0.2) is 42.7 Å². The molecule has 0 fully saturated rings. The highest BCUT2D eigenvalue weighted by Crippen LogP contribution is 2.25. The van der Waals surface area contributed by atoms with Crippen molar-refractivity contribution in [2.24, 2.45) is 0 Å². The third kappa shape index (κ3) is 1.05. The van der Waals surface area contributed by atoms with Gasteiger partial charge in [0.25, 0.3) is 0 Å². The van der Waals surface area contributed by atoms with E-state index in [1.165, 1.54) is 11.3 Å². The fourth-order valence-electron chi connectivity index (χ4n) is 2.07. The smallest absolute Gasteiger partial charge is 0.206 e. The van der Waals surface area contributed by atoms with Gasteiger partial charge in [-0.2, -0.15) is 0 Å². The van der Waals surface area contributed by atoms with Crippen LogP contribution in [0.5, 0.6) is 0 Å². The zero-order chi connectivity index (χ0) is 8.84. The lowest BCUT2D eigenvalue weighted by Crippen LogP contribution is -3.00. The Bertz CT molecular complexity index is 462. The average Bonchev–Trinajstić information content (AvgIpc) is 2.72. The van der Waals surface area contributed by atoms with E-state index in [2.05, 4.69) is 59.0 Å². The molecular formula is C11H11BrN2. The standard InChI is InChI=1S/C11H11N2.BrH/c1-9-10-5-2-3-6-11(10)13-8-4-7-12(9)13;/h2-9H,1H3;1H/q+1;/p-1. The van der Waals surface area contributed by atoms with Gasteiger partial charge in [0.1, 0.15) is 5.69 Å². The maximum absolute atomic E-state index is 2.24. The van der Waals surface area contributed by atoms with E-state index in [-0.39, 0.29) is 17.0 Å². The first kappa shape index (κ1) is 9.46. The van der Waals surface area contributed by atoms with E-state index in [0.717, 1.165) is 0 Å². The molecule has 72 valence electrons. The monoisotopic (exact) mass is 250 g/mol. The van der Waals surface area contributed by atoms with Crippen molar-refractivity contribution in [2.45, 2.75) is 13.0 Å². The summed E-state index contributed by atoms with van der Waals surface area (Å²) < 4.78 is 4.44. The summed E-state index contributed by atoms with van der Waals surface area (Å²) in [6, 6.07) is 11.1. The molecule has 2 aromatic rings. The Morgan fingerprint density at radius 2 is 2.00 bits per heavy atom. The number of aromatic nitrogens is 2. The Labute approximate surface area is 93.5 Å². The van der Waals surface area contributed by atoms with Gasteiger partial charge in [-0.3, -0.25) is 0 Å². The summed E-state index contributed by atoms with van der Waals surface area (Å²) in [5.41, 5.74) is 2.71. The number of hydrogen-bond donors (Lipinski definition) is 0. The molecule has 0 spiro atoms. The molecule has 1 aromatic carbocycles. The Morgan fingerprint density at radius 1 is 1.21 bits per heavy atom. The quantitative estimate of drug-likeness (QED) is 0.514. The third-order valence-electron chi connectivity index (χ3n) is 2.75. The van der Waals surface area contributed by atoms with Crippen molar-refractivity contribution in [2.75, 3.05) is 0 Å². The summed E-state index contributed by atoms with van der Waals surface area (Å²) in [5.74, 6) is 0. The predicted molar refractivity (Wildman–Crippen MR) is 49.8 cm³/mol. The predicted octanol–water partition coefficient (Wildman–Crippen LogP) is -1.31. The van der Waals surface area contributed by atoms with Crippen molar-refractivity contribution in [3.8, 4) is 5.69 Å². The molecule has 0 saturated heterocycles. The highest BCUT2D eigenvalue weighted by Gasteiger charge is 2.31. The van der Waals surface area contributed by atoms with E-state index in [1.54, 1.807) is 0 Å². The zero-order valence-electron chi connectivity index (χ0n) is 7.89. The molecule has 0 radical (unpaired) electrons. The molecule has 3 heteroatoms. The molecule has 0 amide bonds. The van der Waals surface area contributed by atoms with Gasteiger partial charge in [0.05, 0.1) is 11.8 Å². The Morgan fingerprint density at radius 3 is 2.86 bits per heavy atom. The molecule has 2 nitrogen and oxygen atoms in total. The van der Waals surface area contributed by atoms with Crippen LogP contribution in [0.4, 0.5) is 0 Å². The highest BCUT2D eigenvalue weighted by atomic mass is 79.9. The van der Waals surface area contributed by atoms with Crippen molar-refractivity contribution in [1.82, 2.24) is 4.68 Å². The second kappa shape index (κ2) is 3.24. The van der Waals surface area contributed by atoms with Crippen LogP contribution in [0.3, 0.4) is 0 Å². The molecule has 1 aliphatic heterocycles. The normalized spacial score (nSPS) is 17.1. The van der Waals surface area contributed by atoms with Gasteiger partial charge in [-0.1, -0.05) is 12.1 Å². The van der Waals surface area contributed by atoms with Crippen molar-refractivity contribution in [3.63, 3.8) is 0 Å². The van der Waals surface area contributed by atoms with E-state index in [0.29, 0.717) is 6.04 Å². The first-order valence-corrected chi connectivity index (χ1v) is 4.56. The van der Waals surface area contributed by atoms with Gasteiger partial charge in [-0.25, -0.2) is 0 Å². The lowest BCUT2D eigenvalue weighted by Gasteiger charge is -1.94. The Kier molecular flexibility index (Phi) is 2.19. The third-order valence-corrected chi connectivity index (χ3v) is 2.75. The van der Waals surface area contributed by atoms with Crippen molar-refractivity contribution < 1.29 is 21.7 Å². The van der Waals surface area contributed by atoms with Crippen LogP contribution in [0, 0.1) is 0 Å². The van der Waals surface area contributed by atoms with E-state index in [9.17, 15) is 0 Å². The van der Waals surface area contributed by atoms with E-state index in [1.807, 2.05) is 0 Å². The molecule has 0 aliphatic carbocycles. The van der Waals surface area contributed by atoms with Crippen LogP contribution in [0.2, 0.25) is 0 Å². The molecule has 1 unspecified atom stereocenters. The summed E-state index contributed by atoms with van der Waals surface area (Å²) in [7, 11) is 0. The van der Waals surface area contributed by atoms with Crippen LogP contribution in [0.25, 0.3) is 5.69 Å². The minimum absolute atomic E-state index is 0. The summed E-state index contributed by atoms with van der Waals surface area (Å²) in [4.78, 5) is 0. The van der Waals surface area contributed by atoms with E-state index in [4.69, 9.17) is 0 Å². The summed E-state index contributed by atoms with van der Waals surface area (Å²) in [6.07, 6.45) is 4.22. The lowest BCUT2D eigenvalue weighted by atomic mass is 10.1. The molecule has 0 saturated carbocycles. The van der Waals surface area contributed by atoms with Crippen molar-refractivity contribution in [1.29, 1.82) is 0 Å². The molecule has 0 N–H and O–H groups in total. The van der Waals surface area contributed by atoms with Crippen LogP contribution in [0.1, 0.15) is 18.5 Å². The van der Waals surface area contributed by atoms with Gasteiger partial charge in [0.15, 0.2) is 6.20 Å². The van der Waals surface area contributed by atoms with Gasteiger partial charge in [-0.05, 0) is 12.1 Å². The average molecular weight is 251 g/mol. The second-order valence-electron chi connectivity index (χ2n) is 3.45. The highest BCUT2D eigenvalue weighted by molar-refractivity contribution is 5.42. The number of nitrogens with zero attached hydrogens (tertiary/aromatic N) is 2. The maximum atomic E-state index is 2.24. The van der Waals surface area contributed by atoms with Crippen LogP contribution < -0.4 is 21.7 Å². The van der Waals surface area contributed by atoms with Crippen molar-refractivity contribution in [3.05, 3.63) is 48.3 Å². The second-order valence-corrected chi connectivity index (χ2v) is 3.45. The largest absolute Gasteiger partial charge is 1.00 e. The molecule has 1 aliphatic rings. The van der Waals surface area contributed by atoms with Crippen LogP contribution in [-0.2, 0) is 0 Å². The first-order valence-electron chi connectivity index (χ1n) is 4.56. The first-order chi connectivity index (χ1) is 6.38. The topological polar surface area (TPSA) is 8.81 Å². The molecule has 1 aromatic heterocycles. The number of hydrogen-bond acceptors (Lipinski definition) is 0. The van der Waals surface area contributed by atoms with Crippen LogP contribution in [-0.4, -0.2) is 4.68 Å². The fourth-order valence-corrected chi connectivity index (χ4v) is 2.07. The van der Waals surface area contributed by atoms with Gasteiger partial charge in [0.2, 0.25) is 6.04 Å². The summed E-state index contributed by atoms with van der Waals surface area (Å²) >= 11 is 0. The van der Waals surface area contributed by atoms with E-state index >= 15 is 0 Å². The summed E-state index contributed by atoms with van der Waals surface area (Å²) in [5, 5.41) is 0. The fraction of sp³-hybridized carbons (Fsp3) is 0.182. The van der Waals surface area contributed by atoms with Gasteiger partial charge < -0.3 is 17.0 Å². The lowest BCUT2D eigenvalue weighted by molar-refractivity contribution is -0.770. The number of para-hydroxylation sites is 1. The van der Waals surface area contributed by atoms with Gasteiger partial charge in [0, 0.05) is 13.0 Å². The minimum Gasteiger partial charge on any atom is -1.00 e. The number of halogens is 1. The molecule has 1 atom stereocenters. The van der Waals surface area contributed by atoms with Gasteiger partial charge >= 0.3 is 0 Å². The number of benzene rings is 1. The Balaban J connectivity index is 0.000000750. The van der Waals surface area contributed by atoms with E-state index < -0.39 is 0 Å². The SMILES string of the molecule is CC1c2ccccc2-n2ccc[n+]21.[Br-]. The number of rotatable bonds is 0. The molecular weight excluding hydrogens is 240 g/mol. The summed E-state index contributed by atoms with van der Waals surface area (Å²) in [6.45, 7) is 2.22. The minimum atomic E-state index is 0. The zero-order valence-corrected chi connectivity index (χ0v) is 9.48. The number of fused-ring (bicyclic) bond motifs is 3. The van der Waals surface area contributed by atoms with Gasteiger partial charge in [-0.15, -0.1) is 9.36 Å². The maximum Gasteiger partial charge on any atom is 0.206 e.